The smallest absolute Gasteiger partial charge is 0.331 e. The highest BCUT2D eigenvalue weighted by Gasteiger charge is 2.52. The molecule has 2 aromatic rings. The minimum Gasteiger partial charge on any atom is -0.504 e. The van der Waals surface area contributed by atoms with Gasteiger partial charge in [-0.2, -0.15) is 0 Å². The van der Waals surface area contributed by atoms with E-state index >= 15 is 0 Å². The summed E-state index contributed by atoms with van der Waals surface area (Å²) >= 11 is 0. The van der Waals surface area contributed by atoms with Crippen LogP contribution in [0.15, 0.2) is 42.5 Å². The van der Waals surface area contributed by atoms with Gasteiger partial charge in [0.25, 0.3) is 0 Å². The normalized spacial score (nSPS) is 31.1. The van der Waals surface area contributed by atoms with Gasteiger partial charge in [-0.15, -0.1) is 0 Å². The number of ether oxygens (including phenoxy) is 7. The van der Waals surface area contributed by atoms with Crippen LogP contribution in [-0.2, 0) is 34.9 Å². The fourth-order valence-corrected chi connectivity index (χ4v) is 5.34. The van der Waals surface area contributed by atoms with Gasteiger partial charge in [-0.05, 0) is 47.9 Å². The van der Waals surface area contributed by atoms with E-state index in [1.54, 1.807) is 19.1 Å². The molecule has 2 heterocycles. The van der Waals surface area contributed by atoms with E-state index in [0.29, 0.717) is 16.9 Å². The van der Waals surface area contributed by atoms with Gasteiger partial charge >= 0.3 is 5.97 Å². The first-order chi connectivity index (χ1) is 22.5. The number of esters is 1. The average Bonchev–Trinajstić information content (AvgIpc) is 3.06. The van der Waals surface area contributed by atoms with Crippen LogP contribution >= 0.6 is 0 Å². The number of phenolic OH excluding ortho intramolecular Hbond substituents is 2. The van der Waals surface area contributed by atoms with Gasteiger partial charge in [0.15, 0.2) is 41.7 Å². The van der Waals surface area contributed by atoms with Crippen molar-refractivity contribution in [1.29, 1.82) is 0 Å². The van der Waals surface area contributed by atoms with Gasteiger partial charge in [0, 0.05) is 12.0 Å². The summed E-state index contributed by atoms with van der Waals surface area (Å²) in [5, 5.41) is 72.6. The predicted octanol–water partition coefficient (Wildman–Crippen LogP) is -0.162. The van der Waals surface area contributed by atoms with Crippen molar-refractivity contribution in [3.63, 3.8) is 0 Å². The first-order valence-electron chi connectivity index (χ1n) is 15.0. The molecular formula is C32H42O15. The van der Waals surface area contributed by atoms with E-state index in [-0.39, 0.29) is 30.3 Å². The Morgan fingerprint density at radius 3 is 2.19 bits per heavy atom. The van der Waals surface area contributed by atoms with E-state index in [1.165, 1.54) is 44.6 Å². The van der Waals surface area contributed by atoms with Crippen LogP contribution in [-0.4, -0.2) is 131 Å². The van der Waals surface area contributed by atoms with Crippen molar-refractivity contribution < 1.29 is 73.7 Å². The highest BCUT2D eigenvalue weighted by atomic mass is 16.7. The Kier molecular flexibility index (Phi) is 12.8. The molecule has 2 aliphatic heterocycles. The van der Waals surface area contributed by atoms with Crippen LogP contribution in [0.25, 0.3) is 6.08 Å². The maximum Gasteiger partial charge on any atom is 0.331 e. The quantitative estimate of drug-likeness (QED) is 0.109. The second kappa shape index (κ2) is 16.5. The van der Waals surface area contributed by atoms with Crippen LogP contribution < -0.4 is 9.47 Å². The van der Waals surface area contributed by atoms with Gasteiger partial charge in [0.05, 0.1) is 46.2 Å². The largest absolute Gasteiger partial charge is 0.504 e. The number of rotatable bonds is 13. The number of benzene rings is 2. The van der Waals surface area contributed by atoms with Gasteiger partial charge < -0.3 is 68.9 Å². The third kappa shape index (κ3) is 8.70. The molecule has 0 aliphatic carbocycles. The van der Waals surface area contributed by atoms with Crippen molar-refractivity contribution in [3.05, 3.63) is 53.6 Å². The van der Waals surface area contributed by atoms with E-state index in [0.717, 1.165) is 6.08 Å². The molecule has 0 saturated carbocycles. The first-order valence-corrected chi connectivity index (χ1v) is 15.0. The SMILES string of the molecule is COc1ccc(CCO[C@@H]2O[C@H](CO)[C@@H](OC(=O)/C=C/c3ccc(O)c(OC)c3)[C@H](O[C@@H]3O[C@@H](CO)[C@H](C)[C@@H](O)[C@H]3O)[C@H]2O)cc1O. The maximum atomic E-state index is 13.0. The molecule has 2 fully saturated rings. The molecule has 10 atom stereocenters. The molecule has 2 aliphatic rings. The molecule has 7 N–H and O–H groups in total. The molecular weight excluding hydrogens is 624 g/mol. The molecule has 15 heteroatoms. The second-order valence-electron chi connectivity index (χ2n) is 11.2. The molecule has 0 amide bonds. The number of methoxy groups -OCH3 is 2. The number of phenols is 2. The Labute approximate surface area is 271 Å². The molecule has 2 saturated heterocycles. The summed E-state index contributed by atoms with van der Waals surface area (Å²) in [4.78, 5) is 13.0. The molecule has 4 rings (SSSR count). The fraction of sp³-hybridized carbons (Fsp3) is 0.531. The fourth-order valence-electron chi connectivity index (χ4n) is 5.34. The molecule has 0 spiro atoms. The Bertz CT molecular complexity index is 1350. The monoisotopic (exact) mass is 666 g/mol. The lowest BCUT2D eigenvalue weighted by Crippen LogP contribution is -2.64. The summed E-state index contributed by atoms with van der Waals surface area (Å²) in [7, 11) is 2.79. The molecule has 0 radical (unpaired) electrons. The lowest BCUT2D eigenvalue weighted by molar-refractivity contribution is -0.356. The van der Waals surface area contributed by atoms with Crippen molar-refractivity contribution in [1.82, 2.24) is 0 Å². The summed E-state index contributed by atoms with van der Waals surface area (Å²) in [6.07, 6.45) is -10.1. The number of carbonyl (C=O) groups excluding carboxylic acids is 1. The zero-order valence-electron chi connectivity index (χ0n) is 26.1. The van der Waals surface area contributed by atoms with Crippen LogP contribution in [0.3, 0.4) is 0 Å². The summed E-state index contributed by atoms with van der Waals surface area (Å²) in [5.74, 6) is -1.28. The van der Waals surface area contributed by atoms with Gasteiger partial charge in [0.1, 0.15) is 24.4 Å². The van der Waals surface area contributed by atoms with Crippen molar-refractivity contribution >= 4 is 12.0 Å². The van der Waals surface area contributed by atoms with E-state index < -0.39 is 80.4 Å². The molecule has 47 heavy (non-hydrogen) atoms. The van der Waals surface area contributed by atoms with Crippen LogP contribution in [0.4, 0.5) is 0 Å². The van der Waals surface area contributed by atoms with Crippen molar-refractivity contribution in [2.45, 2.75) is 68.7 Å². The van der Waals surface area contributed by atoms with E-state index in [2.05, 4.69) is 0 Å². The lowest BCUT2D eigenvalue weighted by atomic mass is 9.91. The van der Waals surface area contributed by atoms with E-state index in [4.69, 9.17) is 33.2 Å². The highest BCUT2D eigenvalue weighted by Crippen LogP contribution is 2.33. The van der Waals surface area contributed by atoms with Crippen molar-refractivity contribution in [2.24, 2.45) is 5.92 Å². The minimum atomic E-state index is -1.68. The predicted molar refractivity (Wildman–Crippen MR) is 161 cm³/mol. The summed E-state index contributed by atoms with van der Waals surface area (Å²) in [5.41, 5.74) is 1.17. The summed E-state index contributed by atoms with van der Waals surface area (Å²) in [6, 6.07) is 9.17. The zero-order valence-corrected chi connectivity index (χ0v) is 26.1. The number of hydrogen-bond donors (Lipinski definition) is 7. The van der Waals surface area contributed by atoms with Gasteiger partial charge in [-0.1, -0.05) is 19.1 Å². The lowest BCUT2D eigenvalue weighted by Gasteiger charge is -2.47. The Hall–Kier alpha value is -3.51. The second-order valence-corrected chi connectivity index (χ2v) is 11.2. The van der Waals surface area contributed by atoms with Crippen molar-refractivity contribution in [2.75, 3.05) is 34.0 Å². The Balaban J connectivity index is 1.53. The van der Waals surface area contributed by atoms with E-state index in [1.807, 2.05) is 0 Å². The van der Waals surface area contributed by atoms with Crippen molar-refractivity contribution in [3.8, 4) is 23.0 Å². The van der Waals surface area contributed by atoms with Gasteiger partial charge in [0.2, 0.25) is 0 Å². The zero-order chi connectivity index (χ0) is 34.2. The molecule has 0 aromatic heterocycles. The number of aromatic hydroxyl groups is 2. The molecule has 15 nitrogen and oxygen atoms in total. The standard InChI is InChI=1S/C32H42O15/c1-16-23(14-33)44-32(27(39)26(16)38)47-30-28(40)31(43-11-10-18-5-8-21(41-2)20(36)12-18)45-24(15-34)29(30)46-25(37)9-6-17-4-7-19(35)22(13-17)42-3/h4-9,12-13,16,23-24,26-36,38-40H,10-11,14-15H2,1-3H3/b9-6+/t16-,23-,24+,26+,27+,28+,29+,30+,31+,32-/m0/s1. The third-order valence-electron chi connectivity index (χ3n) is 8.11. The summed E-state index contributed by atoms with van der Waals surface area (Å²) in [6.45, 7) is 0.344. The highest BCUT2D eigenvalue weighted by molar-refractivity contribution is 5.87. The molecule has 260 valence electrons. The van der Waals surface area contributed by atoms with Gasteiger partial charge in [-0.3, -0.25) is 0 Å². The number of aliphatic hydroxyl groups excluding tert-OH is 5. The van der Waals surface area contributed by atoms with Crippen LogP contribution in [0.1, 0.15) is 18.1 Å². The number of aliphatic hydroxyl groups is 5. The van der Waals surface area contributed by atoms with E-state index in [9.17, 15) is 40.5 Å². The number of hydrogen-bond acceptors (Lipinski definition) is 15. The third-order valence-corrected chi connectivity index (χ3v) is 8.11. The maximum absolute atomic E-state index is 13.0. The van der Waals surface area contributed by atoms with Gasteiger partial charge in [-0.25, -0.2) is 4.79 Å². The van der Waals surface area contributed by atoms with Crippen LogP contribution in [0.5, 0.6) is 23.0 Å². The van der Waals surface area contributed by atoms with Crippen LogP contribution in [0, 0.1) is 5.92 Å². The topological polar surface area (TPSA) is 223 Å². The minimum absolute atomic E-state index is 0.0208. The first kappa shape index (κ1) is 36.3. The summed E-state index contributed by atoms with van der Waals surface area (Å²) < 4.78 is 38.9. The Morgan fingerprint density at radius 1 is 0.830 bits per heavy atom. The van der Waals surface area contributed by atoms with Crippen LogP contribution in [0.2, 0.25) is 0 Å². The molecule has 0 bridgehead atoms. The molecule has 0 unspecified atom stereocenters. The average molecular weight is 667 g/mol. The Morgan fingerprint density at radius 2 is 1.53 bits per heavy atom. The number of carbonyl (C=O) groups is 1. The molecule has 2 aromatic carbocycles.